The van der Waals surface area contributed by atoms with Crippen LogP contribution in [0.3, 0.4) is 0 Å². The minimum absolute atomic E-state index is 0.0133. The van der Waals surface area contributed by atoms with Crippen LogP contribution >= 0.6 is 0 Å². The van der Waals surface area contributed by atoms with Gasteiger partial charge in [0.1, 0.15) is 6.10 Å². The van der Waals surface area contributed by atoms with E-state index in [1.165, 1.54) is 0 Å². The molecule has 1 saturated heterocycles. The zero-order valence-electron chi connectivity index (χ0n) is 10.0. The molecule has 1 N–H and O–H groups in total. The Morgan fingerprint density at radius 1 is 1.39 bits per heavy atom. The van der Waals surface area contributed by atoms with Gasteiger partial charge in [-0.2, -0.15) is 0 Å². The maximum absolute atomic E-state index is 9.41. The molecule has 0 saturated carbocycles. The fraction of sp³-hybridized carbons (Fsp3) is 0.357. The monoisotopic (exact) mass is 245 g/mol. The van der Waals surface area contributed by atoms with E-state index >= 15 is 0 Å². The van der Waals surface area contributed by atoms with Crippen LogP contribution in [0.5, 0.6) is 5.88 Å². The number of rotatable bonds is 3. The third-order valence-electron chi connectivity index (χ3n) is 3.12. The van der Waals surface area contributed by atoms with Gasteiger partial charge in [0, 0.05) is 17.9 Å². The summed E-state index contributed by atoms with van der Waals surface area (Å²) < 4.78 is 11.0. The van der Waals surface area contributed by atoms with Crippen LogP contribution in [-0.2, 0) is 11.3 Å². The fourth-order valence-corrected chi connectivity index (χ4v) is 2.19. The van der Waals surface area contributed by atoms with Crippen LogP contribution < -0.4 is 4.74 Å². The number of aliphatic hydroxyl groups excluding tert-OH is 1. The normalized spacial score (nSPS) is 19.3. The van der Waals surface area contributed by atoms with Crippen molar-refractivity contribution in [3.05, 3.63) is 35.9 Å². The summed E-state index contributed by atoms with van der Waals surface area (Å²) in [5, 5.41) is 10.4. The molecule has 0 aliphatic carbocycles. The second-order valence-corrected chi connectivity index (χ2v) is 4.40. The Morgan fingerprint density at radius 2 is 2.28 bits per heavy atom. The molecule has 0 spiro atoms. The van der Waals surface area contributed by atoms with E-state index in [9.17, 15) is 5.11 Å². The van der Waals surface area contributed by atoms with Gasteiger partial charge >= 0.3 is 0 Å². The first-order chi connectivity index (χ1) is 8.86. The SMILES string of the molecule is OCc1cc(OC2CCOC2)nc2ccccc12. The molecule has 0 amide bonds. The van der Waals surface area contributed by atoms with Gasteiger partial charge in [0.2, 0.25) is 5.88 Å². The molecular formula is C14H15NO3. The molecule has 0 bridgehead atoms. The highest BCUT2D eigenvalue weighted by Gasteiger charge is 2.18. The number of benzene rings is 1. The number of aliphatic hydroxyl groups is 1. The number of hydrogen-bond acceptors (Lipinski definition) is 4. The summed E-state index contributed by atoms with van der Waals surface area (Å²) >= 11 is 0. The second-order valence-electron chi connectivity index (χ2n) is 4.40. The van der Waals surface area contributed by atoms with Crippen LogP contribution in [0.25, 0.3) is 10.9 Å². The third-order valence-corrected chi connectivity index (χ3v) is 3.12. The van der Waals surface area contributed by atoms with E-state index in [-0.39, 0.29) is 12.7 Å². The Hall–Kier alpha value is -1.65. The highest BCUT2D eigenvalue weighted by atomic mass is 16.5. The van der Waals surface area contributed by atoms with Crippen LogP contribution in [0.4, 0.5) is 0 Å². The molecule has 1 aliphatic heterocycles. The minimum atomic E-state index is -0.0133. The maximum Gasteiger partial charge on any atom is 0.214 e. The number of aromatic nitrogens is 1. The third kappa shape index (κ3) is 2.17. The van der Waals surface area contributed by atoms with Crippen molar-refractivity contribution in [2.75, 3.05) is 13.2 Å². The molecule has 1 aromatic carbocycles. The van der Waals surface area contributed by atoms with Gasteiger partial charge in [-0.1, -0.05) is 18.2 Å². The van der Waals surface area contributed by atoms with Gasteiger partial charge in [-0.25, -0.2) is 4.98 Å². The first kappa shape index (κ1) is 11.4. The quantitative estimate of drug-likeness (QED) is 0.897. The highest BCUT2D eigenvalue weighted by molar-refractivity contribution is 5.82. The fourth-order valence-electron chi connectivity index (χ4n) is 2.19. The van der Waals surface area contributed by atoms with Crippen molar-refractivity contribution < 1.29 is 14.6 Å². The summed E-state index contributed by atoms with van der Waals surface area (Å²) in [4.78, 5) is 4.46. The molecule has 2 aromatic rings. The Balaban J connectivity index is 1.96. The average molecular weight is 245 g/mol. The van der Waals surface area contributed by atoms with E-state index in [0.717, 1.165) is 29.5 Å². The molecule has 1 atom stereocenters. The lowest BCUT2D eigenvalue weighted by Crippen LogP contribution is -2.16. The molecule has 3 rings (SSSR count). The number of para-hydroxylation sites is 1. The molecule has 94 valence electrons. The Morgan fingerprint density at radius 3 is 3.06 bits per heavy atom. The van der Waals surface area contributed by atoms with E-state index in [1.54, 1.807) is 6.07 Å². The number of hydrogen-bond donors (Lipinski definition) is 1. The number of fused-ring (bicyclic) bond motifs is 1. The van der Waals surface area contributed by atoms with Crippen LogP contribution in [0.2, 0.25) is 0 Å². The summed E-state index contributed by atoms with van der Waals surface area (Å²) in [5.74, 6) is 0.563. The largest absolute Gasteiger partial charge is 0.472 e. The second kappa shape index (κ2) is 4.92. The molecule has 2 heterocycles. The van der Waals surface area contributed by atoms with Gasteiger partial charge in [0.15, 0.2) is 0 Å². The van der Waals surface area contributed by atoms with E-state index in [1.807, 2.05) is 24.3 Å². The summed E-state index contributed by atoms with van der Waals surface area (Å²) in [5.41, 5.74) is 1.69. The predicted molar refractivity (Wildman–Crippen MR) is 67.5 cm³/mol. The van der Waals surface area contributed by atoms with E-state index in [0.29, 0.717) is 12.5 Å². The topological polar surface area (TPSA) is 51.6 Å². The van der Waals surface area contributed by atoms with E-state index < -0.39 is 0 Å². The van der Waals surface area contributed by atoms with Gasteiger partial charge < -0.3 is 14.6 Å². The Kier molecular flexibility index (Phi) is 3.13. The van der Waals surface area contributed by atoms with Crippen LogP contribution in [0.15, 0.2) is 30.3 Å². The summed E-state index contributed by atoms with van der Waals surface area (Å²) in [6.07, 6.45) is 0.966. The van der Waals surface area contributed by atoms with Crippen molar-refractivity contribution in [1.82, 2.24) is 4.98 Å². The average Bonchev–Trinajstić information content (AvgIpc) is 2.90. The summed E-state index contributed by atoms with van der Waals surface area (Å²) in [6.45, 7) is 1.34. The van der Waals surface area contributed by atoms with Crippen molar-refractivity contribution in [1.29, 1.82) is 0 Å². The number of nitrogens with zero attached hydrogens (tertiary/aromatic N) is 1. The smallest absolute Gasteiger partial charge is 0.214 e. The standard InChI is InChI=1S/C14H15NO3/c16-8-10-7-14(18-11-5-6-17-9-11)15-13-4-2-1-3-12(10)13/h1-4,7,11,16H,5-6,8-9H2. The van der Waals surface area contributed by atoms with Gasteiger partial charge in [0.25, 0.3) is 0 Å². The van der Waals surface area contributed by atoms with Gasteiger partial charge in [-0.15, -0.1) is 0 Å². The van der Waals surface area contributed by atoms with Crippen molar-refractivity contribution in [2.45, 2.75) is 19.1 Å². The first-order valence-electron chi connectivity index (χ1n) is 6.11. The Labute approximate surface area is 105 Å². The van der Waals surface area contributed by atoms with E-state index in [4.69, 9.17) is 9.47 Å². The number of pyridine rings is 1. The maximum atomic E-state index is 9.41. The Bertz CT molecular complexity index is 550. The lowest BCUT2D eigenvalue weighted by atomic mass is 10.1. The van der Waals surface area contributed by atoms with E-state index in [2.05, 4.69) is 4.98 Å². The van der Waals surface area contributed by atoms with Gasteiger partial charge in [0.05, 0.1) is 25.3 Å². The molecule has 1 unspecified atom stereocenters. The molecule has 1 aliphatic rings. The molecule has 4 nitrogen and oxygen atoms in total. The molecular weight excluding hydrogens is 230 g/mol. The molecule has 1 fully saturated rings. The first-order valence-corrected chi connectivity index (χ1v) is 6.11. The van der Waals surface area contributed by atoms with Crippen LogP contribution in [0.1, 0.15) is 12.0 Å². The highest BCUT2D eigenvalue weighted by Crippen LogP contribution is 2.23. The lowest BCUT2D eigenvalue weighted by molar-refractivity contribution is 0.138. The number of ether oxygens (including phenoxy) is 2. The van der Waals surface area contributed by atoms with Crippen molar-refractivity contribution >= 4 is 10.9 Å². The van der Waals surface area contributed by atoms with Gasteiger partial charge in [-0.05, 0) is 11.6 Å². The zero-order chi connectivity index (χ0) is 12.4. The zero-order valence-corrected chi connectivity index (χ0v) is 10.0. The summed E-state index contributed by atoms with van der Waals surface area (Å²) in [6, 6.07) is 9.55. The molecule has 1 aromatic heterocycles. The van der Waals surface area contributed by atoms with Crippen molar-refractivity contribution in [2.24, 2.45) is 0 Å². The van der Waals surface area contributed by atoms with Crippen molar-refractivity contribution in [3.63, 3.8) is 0 Å². The van der Waals surface area contributed by atoms with Crippen LogP contribution in [-0.4, -0.2) is 29.4 Å². The van der Waals surface area contributed by atoms with Crippen molar-refractivity contribution in [3.8, 4) is 5.88 Å². The summed E-state index contributed by atoms with van der Waals surface area (Å²) in [7, 11) is 0. The lowest BCUT2D eigenvalue weighted by Gasteiger charge is -2.13. The van der Waals surface area contributed by atoms with Gasteiger partial charge in [-0.3, -0.25) is 0 Å². The predicted octanol–water partition coefficient (Wildman–Crippen LogP) is 1.89. The molecule has 4 heteroatoms. The molecule has 0 radical (unpaired) electrons. The minimum Gasteiger partial charge on any atom is -0.472 e. The molecule has 18 heavy (non-hydrogen) atoms. The van der Waals surface area contributed by atoms with Crippen LogP contribution in [0, 0.1) is 0 Å².